The van der Waals surface area contributed by atoms with Crippen LogP contribution in [0, 0.1) is 5.92 Å². The van der Waals surface area contributed by atoms with Crippen molar-refractivity contribution in [2.24, 2.45) is 5.92 Å². The fraction of sp³-hybridized carbons (Fsp3) is 0.929. The highest BCUT2D eigenvalue weighted by Crippen LogP contribution is 2.19. The van der Waals surface area contributed by atoms with Crippen LogP contribution < -0.4 is 5.32 Å². The van der Waals surface area contributed by atoms with Crippen LogP contribution in [-0.2, 0) is 9.53 Å². The summed E-state index contributed by atoms with van der Waals surface area (Å²) in [6.07, 6.45) is 5.95. The second-order valence-corrected chi connectivity index (χ2v) is 5.52. The van der Waals surface area contributed by atoms with E-state index in [0.29, 0.717) is 5.92 Å². The molecule has 4 heteroatoms. The van der Waals surface area contributed by atoms with Crippen LogP contribution >= 0.6 is 0 Å². The number of rotatable bonds is 4. The minimum absolute atomic E-state index is 0.187. The summed E-state index contributed by atoms with van der Waals surface area (Å²) in [5, 5.41) is 3.30. The predicted octanol–water partition coefficient (Wildman–Crippen LogP) is 1.40. The molecule has 2 aliphatic rings. The number of piperidine rings is 2. The number of hydrogen-bond donors (Lipinski definition) is 1. The molecule has 0 radical (unpaired) electrons. The molecule has 2 fully saturated rings. The van der Waals surface area contributed by atoms with Crippen molar-refractivity contribution in [1.82, 2.24) is 10.2 Å². The number of nitrogens with one attached hydrogen (secondary N) is 1. The van der Waals surface area contributed by atoms with Crippen molar-refractivity contribution in [3.05, 3.63) is 0 Å². The molecular formula is C14H26N2O2. The number of hydrogen-bond acceptors (Lipinski definition) is 3. The molecule has 4 nitrogen and oxygen atoms in total. The summed E-state index contributed by atoms with van der Waals surface area (Å²) in [6.45, 7) is 6.38. The van der Waals surface area contributed by atoms with E-state index in [1.54, 1.807) is 0 Å². The molecule has 104 valence electrons. The topological polar surface area (TPSA) is 41.6 Å². The second-order valence-electron chi connectivity index (χ2n) is 5.52. The smallest absolute Gasteiger partial charge is 0.248 e. The van der Waals surface area contributed by atoms with Gasteiger partial charge in [0.05, 0.1) is 6.10 Å². The average molecular weight is 254 g/mol. The summed E-state index contributed by atoms with van der Waals surface area (Å²) < 4.78 is 5.74. The molecule has 2 aliphatic heterocycles. The monoisotopic (exact) mass is 254 g/mol. The van der Waals surface area contributed by atoms with Crippen LogP contribution in [0.3, 0.4) is 0 Å². The fourth-order valence-electron chi connectivity index (χ4n) is 2.87. The Morgan fingerprint density at radius 1 is 1.33 bits per heavy atom. The van der Waals surface area contributed by atoms with Crippen molar-refractivity contribution in [3.8, 4) is 0 Å². The third-order valence-corrected chi connectivity index (χ3v) is 4.18. The highest BCUT2D eigenvalue weighted by Gasteiger charge is 2.23. The molecule has 1 N–H and O–H groups in total. The van der Waals surface area contributed by atoms with E-state index in [0.717, 1.165) is 45.4 Å². The molecule has 0 spiro atoms. The van der Waals surface area contributed by atoms with E-state index in [1.807, 2.05) is 4.90 Å². The molecule has 0 aromatic carbocycles. The first-order valence-electron chi connectivity index (χ1n) is 7.39. The number of ether oxygens (including phenoxy) is 1. The molecule has 1 unspecified atom stereocenters. The first-order valence-corrected chi connectivity index (χ1v) is 7.39. The van der Waals surface area contributed by atoms with Gasteiger partial charge in [0.15, 0.2) is 0 Å². The van der Waals surface area contributed by atoms with Gasteiger partial charge in [-0.2, -0.15) is 0 Å². The van der Waals surface area contributed by atoms with Crippen molar-refractivity contribution in [3.63, 3.8) is 0 Å². The molecule has 2 heterocycles. The minimum atomic E-state index is 0.187. The van der Waals surface area contributed by atoms with Gasteiger partial charge in [-0.15, -0.1) is 0 Å². The van der Waals surface area contributed by atoms with Crippen LogP contribution in [0.2, 0.25) is 0 Å². The van der Waals surface area contributed by atoms with Crippen molar-refractivity contribution >= 4 is 5.91 Å². The van der Waals surface area contributed by atoms with E-state index in [9.17, 15) is 4.79 Å². The zero-order valence-electron chi connectivity index (χ0n) is 11.5. The van der Waals surface area contributed by atoms with Crippen LogP contribution in [-0.4, -0.2) is 49.7 Å². The Morgan fingerprint density at radius 2 is 2.11 bits per heavy atom. The first-order chi connectivity index (χ1) is 8.79. The van der Waals surface area contributed by atoms with E-state index in [1.165, 1.54) is 12.8 Å². The van der Waals surface area contributed by atoms with Crippen LogP contribution in [0.25, 0.3) is 0 Å². The molecular weight excluding hydrogens is 228 g/mol. The molecule has 0 saturated carbocycles. The normalized spacial score (nSPS) is 26.3. The lowest BCUT2D eigenvalue weighted by atomic mass is 9.96. The lowest BCUT2D eigenvalue weighted by molar-refractivity contribution is -0.140. The molecule has 1 atom stereocenters. The molecule has 0 aromatic heterocycles. The summed E-state index contributed by atoms with van der Waals surface area (Å²) in [4.78, 5) is 14.1. The lowest BCUT2D eigenvalue weighted by Crippen LogP contribution is -2.42. The Kier molecular flexibility index (Phi) is 5.45. The Morgan fingerprint density at radius 3 is 2.83 bits per heavy atom. The van der Waals surface area contributed by atoms with Crippen molar-refractivity contribution < 1.29 is 9.53 Å². The van der Waals surface area contributed by atoms with Gasteiger partial charge in [-0.3, -0.25) is 4.79 Å². The van der Waals surface area contributed by atoms with Gasteiger partial charge in [-0.1, -0.05) is 13.3 Å². The third kappa shape index (κ3) is 3.95. The summed E-state index contributed by atoms with van der Waals surface area (Å²) in [7, 11) is 0. The fourth-order valence-corrected chi connectivity index (χ4v) is 2.87. The minimum Gasteiger partial charge on any atom is -0.368 e. The molecule has 1 amide bonds. The summed E-state index contributed by atoms with van der Waals surface area (Å²) in [5.74, 6) is 0.883. The third-order valence-electron chi connectivity index (χ3n) is 4.18. The number of carbonyl (C=O) groups excluding carboxylic acids is 1. The number of nitrogens with zero attached hydrogens (tertiary/aromatic N) is 1. The first kappa shape index (κ1) is 13.8. The maximum atomic E-state index is 12.1. The Balaban J connectivity index is 1.70. The number of likely N-dealkylation sites (tertiary alicyclic amines) is 1. The van der Waals surface area contributed by atoms with Gasteiger partial charge < -0.3 is 15.0 Å². The van der Waals surface area contributed by atoms with E-state index >= 15 is 0 Å². The van der Waals surface area contributed by atoms with Gasteiger partial charge in [0.2, 0.25) is 5.91 Å². The van der Waals surface area contributed by atoms with Gasteiger partial charge in [-0.05, 0) is 44.7 Å². The largest absolute Gasteiger partial charge is 0.368 e. The van der Waals surface area contributed by atoms with Gasteiger partial charge in [0, 0.05) is 13.1 Å². The van der Waals surface area contributed by atoms with Crippen molar-refractivity contribution in [2.45, 2.75) is 45.1 Å². The number of carbonyl (C=O) groups is 1. The quantitative estimate of drug-likeness (QED) is 0.824. The Bertz CT molecular complexity index is 265. The molecule has 2 saturated heterocycles. The van der Waals surface area contributed by atoms with Gasteiger partial charge in [-0.25, -0.2) is 0 Å². The van der Waals surface area contributed by atoms with Crippen LogP contribution in [0.15, 0.2) is 0 Å². The second kappa shape index (κ2) is 7.10. The molecule has 2 rings (SSSR count). The van der Waals surface area contributed by atoms with E-state index < -0.39 is 0 Å². The zero-order valence-corrected chi connectivity index (χ0v) is 11.5. The highest BCUT2D eigenvalue weighted by molar-refractivity contribution is 5.77. The van der Waals surface area contributed by atoms with Crippen LogP contribution in [0.5, 0.6) is 0 Å². The zero-order chi connectivity index (χ0) is 12.8. The van der Waals surface area contributed by atoms with Crippen LogP contribution in [0.1, 0.15) is 39.0 Å². The SMILES string of the molecule is CCC1CCCN(C(=O)COC2CCNCC2)C1. The highest BCUT2D eigenvalue weighted by atomic mass is 16.5. The molecule has 0 bridgehead atoms. The van der Waals surface area contributed by atoms with Gasteiger partial charge in [0.1, 0.15) is 6.61 Å². The standard InChI is InChI=1S/C14H26N2O2/c1-2-12-4-3-9-16(10-12)14(17)11-18-13-5-7-15-8-6-13/h12-13,15H,2-11H2,1H3. The predicted molar refractivity (Wildman–Crippen MR) is 71.4 cm³/mol. The maximum absolute atomic E-state index is 12.1. The molecule has 18 heavy (non-hydrogen) atoms. The average Bonchev–Trinajstić information content (AvgIpc) is 2.46. The van der Waals surface area contributed by atoms with Crippen LogP contribution in [0.4, 0.5) is 0 Å². The van der Waals surface area contributed by atoms with Gasteiger partial charge >= 0.3 is 0 Å². The summed E-state index contributed by atoms with van der Waals surface area (Å²) in [5.41, 5.74) is 0. The lowest BCUT2D eigenvalue weighted by Gasteiger charge is -2.33. The van der Waals surface area contributed by atoms with E-state index in [-0.39, 0.29) is 18.6 Å². The summed E-state index contributed by atoms with van der Waals surface area (Å²) in [6, 6.07) is 0. The van der Waals surface area contributed by atoms with E-state index in [4.69, 9.17) is 4.74 Å². The Hall–Kier alpha value is -0.610. The van der Waals surface area contributed by atoms with E-state index in [2.05, 4.69) is 12.2 Å². The maximum Gasteiger partial charge on any atom is 0.248 e. The molecule has 0 aliphatic carbocycles. The Labute approximate surface area is 110 Å². The molecule has 0 aromatic rings. The van der Waals surface area contributed by atoms with Crippen molar-refractivity contribution in [1.29, 1.82) is 0 Å². The number of amides is 1. The summed E-state index contributed by atoms with van der Waals surface area (Å²) >= 11 is 0. The van der Waals surface area contributed by atoms with Crippen molar-refractivity contribution in [2.75, 3.05) is 32.8 Å². The van der Waals surface area contributed by atoms with Gasteiger partial charge in [0.25, 0.3) is 0 Å².